The summed E-state index contributed by atoms with van der Waals surface area (Å²) in [6, 6.07) is 24.9. The van der Waals surface area contributed by atoms with E-state index in [4.69, 9.17) is 9.73 Å². The summed E-state index contributed by atoms with van der Waals surface area (Å²) in [6.45, 7) is 0. The van der Waals surface area contributed by atoms with Crippen LogP contribution >= 0.6 is 0 Å². The number of rotatable bonds is 8. The van der Waals surface area contributed by atoms with E-state index in [0.29, 0.717) is 23.6 Å². The molecule has 2 atom stereocenters. The number of aliphatic imine (C=N–C) groups is 1. The molecule has 7 heteroatoms. The van der Waals surface area contributed by atoms with Crippen molar-refractivity contribution in [2.24, 2.45) is 10.4 Å². The van der Waals surface area contributed by atoms with E-state index in [1.165, 1.54) is 7.11 Å². The minimum absolute atomic E-state index is 0.245. The Morgan fingerprint density at radius 3 is 2.24 bits per heavy atom. The molecule has 0 radical (unpaired) electrons. The second kappa shape index (κ2) is 10.8. The fourth-order valence-corrected chi connectivity index (χ4v) is 4.79. The Morgan fingerprint density at radius 1 is 1.03 bits per heavy atom. The van der Waals surface area contributed by atoms with Crippen LogP contribution < -0.4 is 4.74 Å². The summed E-state index contributed by atoms with van der Waals surface area (Å²) in [6.07, 6.45) is 6.39. The van der Waals surface area contributed by atoms with Gasteiger partial charge in [-0.15, -0.1) is 0 Å². The van der Waals surface area contributed by atoms with Crippen molar-refractivity contribution in [3.63, 3.8) is 0 Å². The van der Waals surface area contributed by atoms with Gasteiger partial charge in [0.1, 0.15) is 5.75 Å². The van der Waals surface area contributed by atoms with Crippen LogP contribution in [0.1, 0.15) is 23.1 Å². The van der Waals surface area contributed by atoms with Crippen LogP contribution in [-0.2, 0) is 11.2 Å². The SMILES string of the molecule is COc1ccc(C[C@]2(C(=O)O)C=C[C@H](N=C(c3ccccc3)c3ccccc3)C2)cc1-c1ncc(F)cn1. The molecule has 38 heavy (non-hydrogen) atoms. The first-order valence-electron chi connectivity index (χ1n) is 12.2. The summed E-state index contributed by atoms with van der Waals surface area (Å²) < 4.78 is 18.8. The average molecular weight is 508 g/mol. The Kier molecular flexibility index (Phi) is 7.09. The molecular formula is C31H26FN3O3. The largest absolute Gasteiger partial charge is 0.496 e. The molecule has 0 bridgehead atoms. The number of nitrogens with zero attached hydrogens (tertiary/aromatic N) is 3. The molecule has 1 aliphatic rings. The number of aromatic nitrogens is 2. The number of carboxylic acid groups (broad SMARTS) is 1. The molecule has 190 valence electrons. The molecule has 0 spiro atoms. The maximum atomic E-state index is 13.4. The van der Waals surface area contributed by atoms with E-state index in [1.54, 1.807) is 18.2 Å². The van der Waals surface area contributed by atoms with Crippen molar-refractivity contribution in [1.29, 1.82) is 0 Å². The lowest BCUT2D eigenvalue weighted by Gasteiger charge is -2.24. The number of halogens is 1. The number of methoxy groups -OCH3 is 1. The Labute approximate surface area is 220 Å². The summed E-state index contributed by atoms with van der Waals surface area (Å²) >= 11 is 0. The van der Waals surface area contributed by atoms with Crippen LogP contribution in [-0.4, -0.2) is 39.9 Å². The number of carboxylic acids is 1. The molecule has 1 aliphatic carbocycles. The Balaban J connectivity index is 1.46. The second-order valence-corrected chi connectivity index (χ2v) is 9.24. The number of aliphatic carboxylic acids is 1. The standard InChI is InChI=1S/C31H26FN3O3/c1-38-27-13-12-21(16-26(27)29-33-19-24(32)20-34-29)17-31(30(36)37)15-14-25(18-31)35-28(22-8-4-2-5-9-22)23-10-6-3-7-11-23/h2-16,19-20,25H,17-18H2,1H3,(H,36,37)/t25-,31+/m0/s1. The van der Waals surface area contributed by atoms with Crippen molar-refractivity contribution in [3.05, 3.63) is 126 Å². The maximum absolute atomic E-state index is 13.4. The summed E-state index contributed by atoms with van der Waals surface area (Å²) in [5.74, 6) is -0.636. The first-order valence-corrected chi connectivity index (χ1v) is 12.2. The van der Waals surface area contributed by atoms with Gasteiger partial charge in [-0.2, -0.15) is 0 Å². The molecule has 0 saturated heterocycles. The number of carbonyl (C=O) groups is 1. The zero-order valence-corrected chi connectivity index (χ0v) is 20.8. The van der Waals surface area contributed by atoms with Gasteiger partial charge in [-0.3, -0.25) is 9.79 Å². The van der Waals surface area contributed by atoms with E-state index in [1.807, 2.05) is 72.8 Å². The van der Waals surface area contributed by atoms with Gasteiger partial charge in [0, 0.05) is 11.1 Å². The van der Waals surface area contributed by atoms with Crippen molar-refractivity contribution in [2.45, 2.75) is 18.9 Å². The van der Waals surface area contributed by atoms with Crippen LogP contribution in [0.2, 0.25) is 0 Å². The monoisotopic (exact) mass is 507 g/mol. The van der Waals surface area contributed by atoms with Crippen molar-refractivity contribution in [2.75, 3.05) is 7.11 Å². The third kappa shape index (κ3) is 5.22. The van der Waals surface area contributed by atoms with Gasteiger partial charge in [0.15, 0.2) is 11.6 Å². The average Bonchev–Trinajstić information content (AvgIpc) is 3.37. The highest BCUT2D eigenvalue weighted by atomic mass is 19.1. The lowest BCUT2D eigenvalue weighted by Crippen LogP contribution is -2.31. The van der Waals surface area contributed by atoms with E-state index >= 15 is 0 Å². The van der Waals surface area contributed by atoms with Gasteiger partial charge in [-0.1, -0.05) is 78.9 Å². The third-order valence-electron chi connectivity index (χ3n) is 6.67. The number of hydrogen-bond acceptors (Lipinski definition) is 5. The van der Waals surface area contributed by atoms with Crippen LogP contribution in [0.15, 0.2) is 108 Å². The van der Waals surface area contributed by atoms with Gasteiger partial charge in [-0.25, -0.2) is 14.4 Å². The summed E-state index contributed by atoms with van der Waals surface area (Å²) in [5, 5.41) is 10.3. The van der Waals surface area contributed by atoms with Crippen LogP contribution in [0.4, 0.5) is 4.39 Å². The molecule has 3 aromatic carbocycles. The highest BCUT2D eigenvalue weighted by Gasteiger charge is 2.42. The Morgan fingerprint density at radius 2 is 1.66 bits per heavy atom. The molecule has 5 rings (SSSR count). The lowest BCUT2D eigenvalue weighted by atomic mass is 9.80. The molecule has 0 fully saturated rings. The van der Waals surface area contributed by atoms with Gasteiger partial charge in [-0.05, 0) is 30.5 Å². The van der Waals surface area contributed by atoms with Crippen LogP contribution in [0.3, 0.4) is 0 Å². The van der Waals surface area contributed by atoms with E-state index in [0.717, 1.165) is 34.8 Å². The fourth-order valence-electron chi connectivity index (χ4n) is 4.79. The van der Waals surface area contributed by atoms with Crippen LogP contribution in [0.5, 0.6) is 5.75 Å². The summed E-state index contributed by atoms with van der Waals surface area (Å²) in [7, 11) is 1.53. The third-order valence-corrected chi connectivity index (χ3v) is 6.67. The molecule has 0 aliphatic heterocycles. The minimum Gasteiger partial charge on any atom is -0.496 e. The van der Waals surface area contributed by atoms with Gasteiger partial charge < -0.3 is 9.84 Å². The van der Waals surface area contributed by atoms with Gasteiger partial charge in [0.05, 0.1) is 42.2 Å². The molecule has 0 saturated carbocycles. The van der Waals surface area contributed by atoms with Crippen molar-refractivity contribution < 1.29 is 19.0 Å². The van der Waals surface area contributed by atoms with E-state index in [2.05, 4.69) is 9.97 Å². The van der Waals surface area contributed by atoms with Gasteiger partial charge in [0.25, 0.3) is 0 Å². The zero-order chi connectivity index (χ0) is 26.5. The predicted molar refractivity (Wildman–Crippen MR) is 144 cm³/mol. The number of benzene rings is 3. The first kappa shape index (κ1) is 25.0. The molecule has 0 unspecified atom stereocenters. The van der Waals surface area contributed by atoms with E-state index < -0.39 is 17.2 Å². The smallest absolute Gasteiger partial charge is 0.313 e. The fraction of sp³-hybridized carbons (Fsp3) is 0.161. The van der Waals surface area contributed by atoms with Crippen molar-refractivity contribution >= 4 is 11.7 Å². The molecular weight excluding hydrogens is 481 g/mol. The quantitative estimate of drug-likeness (QED) is 0.242. The summed E-state index contributed by atoms with van der Waals surface area (Å²) in [5.41, 5.74) is 2.97. The number of hydrogen-bond donors (Lipinski definition) is 1. The topological polar surface area (TPSA) is 84.7 Å². The minimum atomic E-state index is -1.14. The van der Waals surface area contributed by atoms with Crippen molar-refractivity contribution in [1.82, 2.24) is 9.97 Å². The Hall–Kier alpha value is -4.65. The highest BCUT2D eigenvalue weighted by molar-refractivity contribution is 6.13. The molecule has 1 heterocycles. The van der Waals surface area contributed by atoms with Crippen molar-refractivity contribution in [3.8, 4) is 17.1 Å². The van der Waals surface area contributed by atoms with Crippen LogP contribution in [0.25, 0.3) is 11.4 Å². The van der Waals surface area contributed by atoms with Gasteiger partial charge >= 0.3 is 5.97 Å². The Bertz CT molecular complexity index is 1450. The van der Waals surface area contributed by atoms with E-state index in [-0.39, 0.29) is 12.5 Å². The second-order valence-electron chi connectivity index (χ2n) is 9.24. The predicted octanol–water partition coefficient (Wildman–Crippen LogP) is 5.77. The van der Waals surface area contributed by atoms with Gasteiger partial charge in [0.2, 0.25) is 0 Å². The van der Waals surface area contributed by atoms with Crippen LogP contribution in [0, 0.1) is 11.2 Å². The maximum Gasteiger partial charge on any atom is 0.313 e. The molecule has 1 aromatic heterocycles. The lowest BCUT2D eigenvalue weighted by molar-refractivity contribution is -0.146. The summed E-state index contributed by atoms with van der Waals surface area (Å²) in [4.78, 5) is 25.8. The first-order chi connectivity index (χ1) is 18.5. The van der Waals surface area contributed by atoms with E-state index in [9.17, 15) is 14.3 Å². The molecule has 1 N–H and O–H groups in total. The number of ether oxygens (including phenoxy) is 1. The normalized spacial score (nSPS) is 18.2. The molecule has 4 aromatic rings. The zero-order valence-electron chi connectivity index (χ0n) is 20.8. The highest BCUT2D eigenvalue weighted by Crippen LogP contribution is 2.39. The molecule has 0 amide bonds. The molecule has 6 nitrogen and oxygen atoms in total.